The second kappa shape index (κ2) is 4.66. The number of aryl methyl sites for hydroxylation is 1. The smallest absolute Gasteiger partial charge is 0.189 e. The van der Waals surface area contributed by atoms with Crippen LogP contribution in [0.3, 0.4) is 0 Å². The zero-order valence-corrected chi connectivity index (χ0v) is 10.2. The summed E-state index contributed by atoms with van der Waals surface area (Å²) in [6, 6.07) is 5.55. The van der Waals surface area contributed by atoms with Crippen LogP contribution < -0.4 is 0 Å². The Balaban J connectivity index is 2.49. The molecule has 0 heterocycles. The Labute approximate surface area is 101 Å². The lowest BCUT2D eigenvalue weighted by Gasteiger charge is -2.15. The van der Waals surface area contributed by atoms with Gasteiger partial charge in [-0.3, -0.25) is 9.59 Å². The molecule has 88 valence electrons. The van der Waals surface area contributed by atoms with Crippen molar-refractivity contribution in [2.75, 3.05) is 0 Å². The largest absolute Gasteiger partial charge is 0.289 e. The van der Waals surface area contributed by atoms with Crippen LogP contribution in [0.1, 0.15) is 53.0 Å². The van der Waals surface area contributed by atoms with Crippen LogP contribution in [0.5, 0.6) is 0 Å². The molecule has 2 rings (SSSR count). The van der Waals surface area contributed by atoms with Gasteiger partial charge in [0.15, 0.2) is 11.6 Å². The van der Waals surface area contributed by atoms with E-state index >= 15 is 0 Å². The summed E-state index contributed by atoms with van der Waals surface area (Å²) in [5, 5.41) is 0. The number of hydrogen-bond acceptors (Lipinski definition) is 2. The minimum absolute atomic E-state index is 0.0248. The first-order chi connectivity index (χ1) is 8.17. The number of carbonyl (C=O) groups is 2. The van der Waals surface area contributed by atoms with E-state index in [2.05, 4.69) is 0 Å². The van der Waals surface area contributed by atoms with E-state index < -0.39 is 0 Å². The third kappa shape index (κ3) is 2.07. The lowest BCUT2D eigenvalue weighted by Crippen LogP contribution is -2.17. The van der Waals surface area contributed by atoms with Gasteiger partial charge >= 0.3 is 0 Å². The van der Waals surface area contributed by atoms with Crippen LogP contribution in [0.2, 0.25) is 0 Å². The van der Waals surface area contributed by atoms with Gasteiger partial charge in [-0.25, -0.2) is 0 Å². The molecular formula is C15H16O2. The highest BCUT2D eigenvalue weighted by atomic mass is 16.1. The summed E-state index contributed by atoms with van der Waals surface area (Å²) in [7, 11) is 0. The summed E-state index contributed by atoms with van der Waals surface area (Å²) in [5.74, 6) is -0.0116. The van der Waals surface area contributed by atoms with Gasteiger partial charge in [0, 0.05) is 16.7 Å². The molecule has 0 saturated heterocycles. The minimum atomic E-state index is -0.0364. The van der Waals surface area contributed by atoms with Crippen molar-refractivity contribution in [3.8, 4) is 0 Å². The molecule has 0 aliphatic heterocycles. The van der Waals surface area contributed by atoms with Crippen molar-refractivity contribution in [2.45, 2.75) is 33.1 Å². The van der Waals surface area contributed by atoms with Gasteiger partial charge in [-0.05, 0) is 30.5 Å². The van der Waals surface area contributed by atoms with Gasteiger partial charge in [0.25, 0.3) is 0 Å². The second-order valence-electron chi connectivity index (χ2n) is 4.35. The fourth-order valence-electron chi connectivity index (χ4n) is 2.14. The molecule has 0 unspecified atom stereocenters. The summed E-state index contributed by atoms with van der Waals surface area (Å²) < 4.78 is 0. The highest BCUT2D eigenvalue weighted by Gasteiger charge is 2.24. The fourth-order valence-corrected chi connectivity index (χ4v) is 2.14. The van der Waals surface area contributed by atoms with Crippen LogP contribution >= 0.6 is 0 Å². The molecule has 2 heteroatoms. The van der Waals surface area contributed by atoms with E-state index in [-0.39, 0.29) is 11.6 Å². The van der Waals surface area contributed by atoms with Crippen LogP contribution in [-0.4, -0.2) is 11.6 Å². The normalized spacial score (nSPS) is 14.6. The van der Waals surface area contributed by atoms with Crippen LogP contribution in [0.4, 0.5) is 0 Å². The summed E-state index contributed by atoms with van der Waals surface area (Å²) in [4.78, 5) is 24.1. The van der Waals surface area contributed by atoms with Crippen LogP contribution in [0.25, 0.3) is 0 Å². The van der Waals surface area contributed by atoms with Gasteiger partial charge in [0.1, 0.15) is 0 Å². The van der Waals surface area contributed by atoms with Gasteiger partial charge in [0.05, 0.1) is 0 Å². The molecule has 0 fully saturated rings. The molecule has 0 atom stereocenters. The number of carbonyl (C=O) groups excluding carboxylic acids is 2. The molecule has 0 radical (unpaired) electrons. The number of Topliss-reactive ketones (excluding diaryl/α,β-unsaturated/α-hetero) is 1. The molecule has 0 saturated carbocycles. The molecule has 0 amide bonds. The van der Waals surface area contributed by atoms with Crippen molar-refractivity contribution >= 4 is 11.6 Å². The minimum Gasteiger partial charge on any atom is -0.289 e. The van der Waals surface area contributed by atoms with E-state index in [1.807, 2.05) is 26.0 Å². The Kier molecular flexibility index (Phi) is 3.23. The number of fused-ring (bicyclic) bond motifs is 1. The lowest BCUT2D eigenvalue weighted by molar-refractivity contribution is 0.0981. The topological polar surface area (TPSA) is 34.1 Å². The van der Waals surface area contributed by atoms with Gasteiger partial charge < -0.3 is 0 Å². The van der Waals surface area contributed by atoms with Gasteiger partial charge in [-0.1, -0.05) is 32.4 Å². The Morgan fingerprint density at radius 1 is 1.06 bits per heavy atom. The zero-order chi connectivity index (χ0) is 12.4. The second-order valence-corrected chi connectivity index (χ2v) is 4.35. The summed E-state index contributed by atoms with van der Waals surface area (Å²) >= 11 is 0. The molecule has 17 heavy (non-hydrogen) atoms. The van der Waals surface area contributed by atoms with Crippen molar-refractivity contribution in [2.24, 2.45) is 0 Å². The van der Waals surface area contributed by atoms with Crippen LogP contribution in [-0.2, 0) is 6.42 Å². The Bertz CT molecular complexity index is 510. The van der Waals surface area contributed by atoms with Gasteiger partial charge in [-0.2, -0.15) is 0 Å². The van der Waals surface area contributed by atoms with Crippen molar-refractivity contribution < 1.29 is 9.59 Å². The maximum Gasteiger partial charge on any atom is 0.189 e. The highest BCUT2D eigenvalue weighted by Crippen LogP contribution is 2.25. The van der Waals surface area contributed by atoms with E-state index in [0.717, 1.165) is 18.4 Å². The quantitative estimate of drug-likeness (QED) is 0.795. The molecule has 0 N–H and O–H groups in total. The van der Waals surface area contributed by atoms with Crippen molar-refractivity contribution in [3.63, 3.8) is 0 Å². The van der Waals surface area contributed by atoms with Crippen LogP contribution in [0, 0.1) is 0 Å². The molecule has 0 bridgehead atoms. The predicted molar refractivity (Wildman–Crippen MR) is 67.5 cm³/mol. The van der Waals surface area contributed by atoms with Crippen molar-refractivity contribution in [1.29, 1.82) is 0 Å². The first-order valence-corrected chi connectivity index (χ1v) is 6.09. The standard InChI is InChI=1S/C15H16O2/c1-3-5-11-9-14(16)12-7-6-10(4-2)8-13(12)15(11)17/h6-9H,3-5H2,1-2H3. The van der Waals surface area contributed by atoms with Crippen molar-refractivity contribution in [3.05, 3.63) is 46.5 Å². The molecule has 0 aromatic heterocycles. The predicted octanol–water partition coefficient (Wildman–Crippen LogP) is 3.35. The first kappa shape index (κ1) is 11.8. The number of rotatable bonds is 3. The molecule has 1 aromatic rings. The first-order valence-electron chi connectivity index (χ1n) is 6.09. The van der Waals surface area contributed by atoms with E-state index in [0.29, 0.717) is 23.1 Å². The summed E-state index contributed by atoms with van der Waals surface area (Å²) in [5.41, 5.74) is 2.88. The average Bonchev–Trinajstić information content (AvgIpc) is 2.35. The van der Waals surface area contributed by atoms with E-state index in [4.69, 9.17) is 0 Å². The monoisotopic (exact) mass is 228 g/mol. The van der Waals surface area contributed by atoms with Gasteiger partial charge in [0.2, 0.25) is 0 Å². The SMILES string of the molecule is CCCC1=CC(=O)c2ccc(CC)cc2C1=O. The number of ketones is 2. The maximum absolute atomic E-state index is 12.2. The number of hydrogen-bond donors (Lipinski definition) is 0. The average molecular weight is 228 g/mol. The molecule has 0 spiro atoms. The lowest BCUT2D eigenvalue weighted by atomic mass is 9.86. The third-order valence-electron chi connectivity index (χ3n) is 3.12. The highest BCUT2D eigenvalue weighted by molar-refractivity contribution is 6.24. The molecule has 1 aliphatic carbocycles. The molecule has 1 aliphatic rings. The Morgan fingerprint density at radius 3 is 2.47 bits per heavy atom. The van der Waals surface area contributed by atoms with Crippen LogP contribution in [0.15, 0.2) is 29.8 Å². The van der Waals surface area contributed by atoms with E-state index in [1.54, 1.807) is 6.07 Å². The van der Waals surface area contributed by atoms with E-state index in [1.165, 1.54) is 6.08 Å². The number of benzene rings is 1. The Morgan fingerprint density at radius 2 is 1.82 bits per heavy atom. The molecule has 1 aromatic carbocycles. The Hall–Kier alpha value is -1.70. The van der Waals surface area contributed by atoms with Gasteiger partial charge in [-0.15, -0.1) is 0 Å². The maximum atomic E-state index is 12.2. The zero-order valence-electron chi connectivity index (χ0n) is 10.2. The summed E-state index contributed by atoms with van der Waals surface area (Å²) in [6.45, 7) is 4.05. The fraction of sp³-hybridized carbons (Fsp3) is 0.333. The molecular weight excluding hydrogens is 212 g/mol. The summed E-state index contributed by atoms with van der Waals surface area (Å²) in [6.07, 6.45) is 3.94. The third-order valence-corrected chi connectivity index (χ3v) is 3.12. The molecule has 2 nitrogen and oxygen atoms in total. The van der Waals surface area contributed by atoms with Crippen molar-refractivity contribution in [1.82, 2.24) is 0 Å². The number of allylic oxidation sites excluding steroid dienone is 2. The van der Waals surface area contributed by atoms with E-state index in [9.17, 15) is 9.59 Å².